The molecule has 1 atom stereocenters. The number of aromatic hydroxyl groups is 1. The molecule has 0 heterocycles. The number of aliphatic hydroxyl groups excluding tert-OH is 1. The van der Waals surface area contributed by atoms with Gasteiger partial charge < -0.3 is 19.7 Å². The summed E-state index contributed by atoms with van der Waals surface area (Å²) in [7, 11) is 3.09. The lowest BCUT2D eigenvalue weighted by molar-refractivity contribution is 0.173. The largest absolute Gasteiger partial charge is 0.504 e. The van der Waals surface area contributed by atoms with Crippen molar-refractivity contribution in [3.8, 4) is 17.2 Å². The van der Waals surface area contributed by atoms with E-state index < -0.39 is 6.10 Å². The molecule has 2 rings (SSSR count). The van der Waals surface area contributed by atoms with Crippen LogP contribution in [0.3, 0.4) is 0 Å². The Morgan fingerprint density at radius 2 is 1.70 bits per heavy atom. The van der Waals surface area contributed by atoms with E-state index in [1.54, 1.807) is 25.3 Å². The lowest BCUT2D eigenvalue weighted by atomic mass is 10.0. The Bertz CT molecular complexity index is 563. The van der Waals surface area contributed by atoms with Crippen LogP contribution in [0.15, 0.2) is 42.5 Å². The lowest BCUT2D eigenvalue weighted by Crippen LogP contribution is -2.03. The number of ether oxygens (including phenoxy) is 2. The molecular weight excluding hydrogens is 256 g/mol. The first-order chi connectivity index (χ1) is 9.65. The zero-order valence-electron chi connectivity index (χ0n) is 11.5. The molecule has 0 aliphatic heterocycles. The maximum Gasteiger partial charge on any atom is 0.163 e. The van der Waals surface area contributed by atoms with Gasteiger partial charge in [0.05, 0.1) is 20.3 Å². The number of phenolic OH excluding ortho intramolecular Hbond substituents is 1. The van der Waals surface area contributed by atoms with Gasteiger partial charge in [-0.15, -0.1) is 0 Å². The van der Waals surface area contributed by atoms with Crippen molar-refractivity contribution in [2.45, 2.75) is 12.5 Å². The zero-order chi connectivity index (χ0) is 14.5. The minimum Gasteiger partial charge on any atom is -0.504 e. The highest BCUT2D eigenvalue weighted by Gasteiger charge is 2.16. The molecule has 0 saturated carbocycles. The molecule has 0 saturated heterocycles. The number of rotatable bonds is 5. The fourth-order valence-corrected chi connectivity index (χ4v) is 2.07. The Morgan fingerprint density at radius 3 is 2.30 bits per heavy atom. The van der Waals surface area contributed by atoms with Crippen LogP contribution in [-0.2, 0) is 6.42 Å². The van der Waals surface area contributed by atoms with Crippen molar-refractivity contribution in [3.05, 3.63) is 53.6 Å². The van der Waals surface area contributed by atoms with Crippen molar-refractivity contribution < 1.29 is 19.7 Å². The second kappa shape index (κ2) is 6.30. The minimum atomic E-state index is -0.793. The number of methoxy groups -OCH3 is 2. The molecule has 0 aromatic heterocycles. The smallest absolute Gasteiger partial charge is 0.163 e. The summed E-state index contributed by atoms with van der Waals surface area (Å²) in [5, 5.41) is 20.3. The standard InChI is InChI=1S/C16H18O4/c1-19-12-8-6-11(7-9-12)10-14(17)13-4-3-5-15(20-2)16(13)18/h3-9,14,17-18H,10H2,1-2H3. The molecule has 0 fully saturated rings. The maximum atomic E-state index is 10.3. The van der Waals surface area contributed by atoms with Crippen molar-refractivity contribution in [2.24, 2.45) is 0 Å². The van der Waals surface area contributed by atoms with E-state index in [0.29, 0.717) is 17.7 Å². The van der Waals surface area contributed by atoms with Crippen LogP contribution < -0.4 is 9.47 Å². The molecule has 106 valence electrons. The first-order valence-corrected chi connectivity index (χ1v) is 6.32. The first kappa shape index (κ1) is 14.2. The Balaban J connectivity index is 2.16. The van der Waals surface area contributed by atoms with Crippen molar-refractivity contribution >= 4 is 0 Å². The third-order valence-electron chi connectivity index (χ3n) is 3.20. The van der Waals surface area contributed by atoms with E-state index >= 15 is 0 Å². The van der Waals surface area contributed by atoms with Crippen LogP contribution in [-0.4, -0.2) is 24.4 Å². The Kier molecular flexibility index (Phi) is 4.48. The average molecular weight is 274 g/mol. The Labute approximate surface area is 118 Å². The molecule has 0 aliphatic rings. The van der Waals surface area contributed by atoms with Crippen LogP contribution in [0.5, 0.6) is 17.2 Å². The molecule has 1 unspecified atom stereocenters. The number of benzene rings is 2. The summed E-state index contributed by atoms with van der Waals surface area (Å²) >= 11 is 0. The highest BCUT2D eigenvalue weighted by atomic mass is 16.5. The van der Waals surface area contributed by atoms with Gasteiger partial charge in [0, 0.05) is 12.0 Å². The fraction of sp³-hybridized carbons (Fsp3) is 0.250. The summed E-state index contributed by atoms with van der Waals surface area (Å²) in [6.45, 7) is 0. The molecule has 0 bridgehead atoms. The molecule has 20 heavy (non-hydrogen) atoms. The third kappa shape index (κ3) is 3.03. The number of aliphatic hydroxyl groups is 1. The van der Waals surface area contributed by atoms with E-state index in [1.807, 2.05) is 24.3 Å². The summed E-state index contributed by atoms with van der Waals surface area (Å²) in [6.07, 6.45) is -0.386. The second-order valence-electron chi connectivity index (χ2n) is 4.47. The predicted molar refractivity (Wildman–Crippen MR) is 76.3 cm³/mol. The third-order valence-corrected chi connectivity index (χ3v) is 3.20. The zero-order valence-corrected chi connectivity index (χ0v) is 11.5. The quantitative estimate of drug-likeness (QED) is 0.880. The second-order valence-corrected chi connectivity index (χ2v) is 4.47. The highest BCUT2D eigenvalue weighted by Crippen LogP contribution is 2.34. The topological polar surface area (TPSA) is 58.9 Å². The summed E-state index contributed by atoms with van der Waals surface area (Å²) in [5.41, 5.74) is 1.42. The summed E-state index contributed by atoms with van der Waals surface area (Å²) in [6, 6.07) is 12.5. The molecule has 4 heteroatoms. The summed E-state index contributed by atoms with van der Waals surface area (Å²) in [5.74, 6) is 1.11. The van der Waals surface area contributed by atoms with Crippen molar-refractivity contribution in [1.29, 1.82) is 0 Å². The minimum absolute atomic E-state index is 0.0176. The molecule has 0 aliphatic carbocycles. The van der Waals surface area contributed by atoms with Crippen LogP contribution in [0.4, 0.5) is 0 Å². The van der Waals surface area contributed by atoms with Gasteiger partial charge in [-0.2, -0.15) is 0 Å². The van der Waals surface area contributed by atoms with Gasteiger partial charge in [-0.3, -0.25) is 0 Å². The number of para-hydroxylation sites is 1. The Morgan fingerprint density at radius 1 is 1.00 bits per heavy atom. The molecule has 0 radical (unpaired) electrons. The number of phenols is 1. The SMILES string of the molecule is COc1ccc(CC(O)c2cccc(OC)c2O)cc1. The molecule has 0 spiro atoms. The van der Waals surface area contributed by atoms with E-state index in [0.717, 1.165) is 11.3 Å². The molecule has 2 N–H and O–H groups in total. The van der Waals surface area contributed by atoms with Gasteiger partial charge in [0.15, 0.2) is 11.5 Å². The van der Waals surface area contributed by atoms with Crippen LogP contribution in [0, 0.1) is 0 Å². The van der Waals surface area contributed by atoms with Crippen LogP contribution in [0.2, 0.25) is 0 Å². The van der Waals surface area contributed by atoms with Crippen molar-refractivity contribution in [1.82, 2.24) is 0 Å². The summed E-state index contributed by atoms with van der Waals surface area (Å²) < 4.78 is 10.1. The van der Waals surface area contributed by atoms with Crippen LogP contribution in [0.25, 0.3) is 0 Å². The molecule has 2 aromatic carbocycles. The van der Waals surface area contributed by atoms with Gasteiger partial charge in [0.2, 0.25) is 0 Å². The molecule has 0 amide bonds. The molecule has 4 nitrogen and oxygen atoms in total. The molecule has 2 aromatic rings. The van der Waals surface area contributed by atoms with E-state index in [1.165, 1.54) is 7.11 Å². The van der Waals surface area contributed by atoms with Crippen LogP contribution in [0.1, 0.15) is 17.2 Å². The normalized spacial score (nSPS) is 11.9. The first-order valence-electron chi connectivity index (χ1n) is 6.32. The van der Waals surface area contributed by atoms with Gasteiger partial charge in [-0.25, -0.2) is 0 Å². The van der Waals surface area contributed by atoms with Crippen LogP contribution >= 0.6 is 0 Å². The molecular formula is C16H18O4. The number of hydrogen-bond acceptors (Lipinski definition) is 4. The van der Waals surface area contributed by atoms with Crippen molar-refractivity contribution in [3.63, 3.8) is 0 Å². The van der Waals surface area contributed by atoms with Gasteiger partial charge in [0.25, 0.3) is 0 Å². The highest BCUT2D eigenvalue weighted by molar-refractivity contribution is 5.46. The predicted octanol–water partition coefficient (Wildman–Crippen LogP) is 2.69. The van der Waals surface area contributed by atoms with Gasteiger partial charge in [-0.05, 0) is 23.8 Å². The van der Waals surface area contributed by atoms with Gasteiger partial charge >= 0.3 is 0 Å². The van der Waals surface area contributed by atoms with Gasteiger partial charge in [0.1, 0.15) is 5.75 Å². The number of hydrogen-bond donors (Lipinski definition) is 2. The monoisotopic (exact) mass is 274 g/mol. The van der Waals surface area contributed by atoms with Crippen molar-refractivity contribution in [2.75, 3.05) is 14.2 Å². The average Bonchev–Trinajstić information content (AvgIpc) is 2.48. The van der Waals surface area contributed by atoms with E-state index in [2.05, 4.69) is 0 Å². The van der Waals surface area contributed by atoms with E-state index in [4.69, 9.17) is 9.47 Å². The lowest BCUT2D eigenvalue weighted by Gasteiger charge is -2.14. The van der Waals surface area contributed by atoms with Gasteiger partial charge in [-0.1, -0.05) is 24.3 Å². The maximum absolute atomic E-state index is 10.3. The Hall–Kier alpha value is -2.20. The fourth-order valence-electron chi connectivity index (χ4n) is 2.07. The van der Waals surface area contributed by atoms with E-state index in [9.17, 15) is 10.2 Å². The summed E-state index contributed by atoms with van der Waals surface area (Å²) in [4.78, 5) is 0. The van der Waals surface area contributed by atoms with E-state index in [-0.39, 0.29) is 5.75 Å².